The quantitative estimate of drug-likeness (QED) is 0.320. The lowest BCUT2D eigenvalue weighted by Crippen LogP contribution is -2.57. The van der Waals surface area contributed by atoms with Gasteiger partial charge in [0.15, 0.2) is 0 Å². The van der Waals surface area contributed by atoms with E-state index < -0.39 is 60.2 Å². The first-order chi connectivity index (χ1) is 18.9. The molecule has 6 N–H and O–H groups in total. The van der Waals surface area contributed by atoms with Crippen LogP contribution in [-0.2, 0) is 25.6 Å². The third-order valence-corrected chi connectivity index (χ3v) is 6.28. The van der Waals surface area contributed by atoms with Gasteiger partial charge in [0, 0.05) is 6.42 Å². The normalized spacial score (nSPS) is 23.0. The van der Waals surface area contributed by atoms with Crippen LogP contribution in [0.15, 0.2) is 48.5 Å². The number of carbonyl (C=O) groups excluding carboxylic acids is 4. The Labute approximate surface area is 231 Å². The molecule has 12 nitrogen and oxygen atoms in total. The highest BCUT2D eigenvalue weighted by Crippen LogP contribution is 2.19. The van der Waals surface area contributed by atoms with E-state index in [0.29, 0.717) is 5.56 Å². The molecule has 0 saturated carbocycles. The molecule has 2 aromatic rings. The summed E-state index contributed by atoms with van der Waals surface area (Å²) in [5, 5.41) is 29.7. The summed E-state index contributed by atoms with van der Waals surface area (Å²) in [6, 6.07) is 7.94. The number of amides is 4. The zero-order valence-electron chi connectivity index (χ0n) is 22.5. The minimum Gasteiger partial charge on any atom is -0.508 e. The fourth-order valence-corrected chi connectivity index (χ4v) is 4.11. The fraction of sp³-hybridized carbons (Fsp3) is 0.393. The number of phenols is 1. The molecule has 0 fully saturated rings. The molecule has 1 heterocycles. The third kappa shape index (κ3) is 8.19. The van der Waals surface area contributed by atoms with Crippen molar-refractivity contribution >= 4 is 29.6 Å². The summed E-state index contributed by atoms with van der Waals surface area (Å²) in [5.74, 6) is -4.27. The van der Waals surface area contributed by atoms with Crippen LogP contribution in [-0.4, -0.2) is 70.6 Å². The van der Waals surface area contributed by atoms with Gasteiger partial charge in [-0.2, -0.15) is 0 Å². The van der Waals surface area contributed by atoms with Crippen molar-refractivity contribution in [3.8, 4) is 11.5 Å². The Hall–Kier alpha value is -4.61. The van der Waals surface area contributed by atoms with Crippen LogP contribution in [0.2, 0.25) is 0 Å². The van der Waals surface area contributed by atoms with Crippen molar-refractivity contribution in [3.63, 3.8) is 0 Å². The van der Waals surface area contributed by atoms with Crippen LogP contribution in [0.25, 0.3) is 0 Å². The van der Waals surface area contributed by atoms with E-state index >= 15 is 0 Å². The van der Waals surface area contributed by atoms with Gasteiger partial charge in [-0.3, -0.25) is 19.2 Å². The van der Waals surface area contributed by atoms with Crippen LogP contribution in [0.4, 0.5) is 0 Å². The number of hydrogen-bond donors (Lipinski definition) is 6. The Morgan fingerprint density at radius 1 is 0.950 bits per heavy atom. The highest BCUT2D eigenvalue weighted by molar-refractivity contribution is 6.00. The number of rotatable bonds is 4. The number of aromatic hydroxyl groups is 1. The minimum atomic E-state index is -1.60. The van der Waals surface area contributed by atoms with E-state index in [1.807, 2.05) is 0 Å². The van der Waals surface area contributed by atoms with Gasteiger partial charge < -0.3 is 36.2 Å². The molecule has 0 aromatic heterocycles. The van der Waals surface area contributed by atoms with E-state index in [9.17, 15) is 34.2 Å². The van der Waals surface area contributed by atoms with Crippen molar-refractivity contribution in [2.45, 2.75) is 57.8 Å². The van der Waals surface area contributed by atoms with Crippen molar-refractivity contribution in [1.29, 1.82) is 0 Å². The maximum Gasteiger partial charge on any atom is 0.326 e. The Morgan fingerprint density at radius 2 is 1.62 bits per heavy atom. The summed E-state index contributed by atoms with van der Waals surface area (Å²) in [7, 11) is 0. The molecular weight excluding hydrogens is 520 g/mol. The summed E-state index contributed by atoms with van der Waals surface area (Å²) in [6.07, 6.45) is -0.666. The van der Waals surface area contributed by atoms with Gasteiger partial charge in [-0.1, -0.05) is 38.1 Å². The van der Waals surface area contributed by atoms with Gasteiger partial charge in [-0.25, -0.2) is 4.79 Å². The van der Waals surface area contributed by atoms with Crippen molar-refractivity contribution in [1.82, 2.24) is 21.3 Å². The van der Waals surface area contributed by atoms with E-state index in [1.165, 1.54) is 24.3 Å². The molecule has 4 amide bonds. The van der Waals surface area contributed by atoms with Crippen molar-refractivity contribution in [3.05, 3.63) is 59.7 Å². The summed E-state index contributed by atoms with van der Waals surface area (Å²) in [5.41, 5.74) is 0.652. The van der Waals surface area contributed by atoms with E-state index in [-0.39, 0.29) is 36.0 Å². The number of carboxylic acids is 1. The first-order valence-electron chi connectivity index (χ1n) is 12.9. The Morgan fingerprint density at radius 3 is 2.27 bits per heavy atom. The molecule has 1 aliphatic heterocycles. The van der Waals surface area contributed by atoms with Crippen molar-refractivity contribution in [2.75, 3.05) is 6.61 Å². The number of fused-ring (bicyclic) bond motifs is 1. The van der Waals surface area contributed by atoms with Crippen molar-refractivity contribution < 1.29 is 38.9 Å². The zero-order chi connectivity index (χ0) is 29.4. The average molecular weight is 555 g/mol. The molecule has 0 aliphatic carbocycles. The Bertz CT molecular complexity index is 1250. The van der Waals surface area contributed by atoms with E-state index in [4.69, 9.17) is 4.74 Å². The Kier molecular flexibility index (Phi) is 10.1. The molecule has 0 radical (unpaired) electrons. The van der Waals surface area contributed by atoms with Gasteiger partial charge in [0.1, 0.15) is 36.2 Å². The van der Waals surface area contributed by atoms with E-state index in [2.05, 4.69) is 21.3 Å². The summed E-state index contributed by atoms with van der Waals surface area (Å²) < 4.78 is 5.76. The second-order valence-corrected chi connectivity index (χ2v) is 10.0. The van der Waals surface area contributed by atoms with Gasteiger partial charge in [0.25, 0.3) is 5.91 Å². The number of nitrogens with one attached hydrogen (secondary N) is 4. The lowest BCUT2D eigenvalue weighted by molar-refractivity contribution is -0.141. The van der Waals surface area contributed by atoms with Crippen LogP contribution < -0.4 is 26.0 Å². The standard InChI is InChI=1S/C28H34N4O8/c1-15(2)24-27(37)29-16(3)14-40-22-7-5-4-6-19(22)25(35)31-21(28(38)39)13-23(34)30-20(26(36)32-24)12-17-8-10-18(33)11-9-17/h4-11,15-16,20-21,24,33H,12-14H2,1-3H3,(H,29,37)(H,30,34)(H,31,35)(H,32,36)(H,38,39)/t16-,20-,21-,24+/m0/s1. The highest BCUT2D eigenvalue weighted by Gasteiger charge is 2.32. The average Bonchev–Trinajstić information content (AvgIpc) is 2.90. The first kappa shape index (κ1) is 29.9. The molecule has 1 aliphatic rings. The smallest absolute Gasteiger partial charge is 0.326 e. The zero-order valence-corrected chi connectivity index (χ0v) is 22.5. The summed E-state index contributed by atoms with van der Waals surface area (Å²) in [6.45, 7) is 5.20. The number of aliphatic carboxylic acids is 1. The van der Waals surface area contributed by atoms with Crippen LogP contribution >= 0.6 is 0 Å². The molecule has 4 atom stereocenters. The second kappa shape index (κ2) is 13.5. The number of carboxylic acid groups (broad SMARTS) is 1. The van der Waals surface area contributed by atoms with E-state index in [0.717, 1.165) is 0 Å². The van der Waals surface area contributed by atoms with Crippen LogP contribution in [0.1, 0.15) is 43.1 Å². The predicted molar refractivity (Wildman–Crippen MR) is 144 cm³/mol. The van der Waals surface area contributed by atoms with Crippen LogP contribution in [0.3, 0.4) is 0 Å². The minimum absolute atomic E-state index is 0.00793. The largest absolute Gasteiger partial charge is 0.508 e. The molecule has 2 aromatic carbocycles. The van der Waals surface area contributed by atoms with Crippen LogP contribution in [0.5, 0.6) is 11.5 Å². The Balaban J connectivity index is 1.96. The monoisotopic (exact) mass is 554 g/mol. The van der Waals surface area contributed by atoms with Gasteiger partial charge in [0.05, 0.1) is 18.0 Å². The van der Waals surface area contributed by atoms with Gasteiger partial charge in [-0.15, -0.1) is 0 Å². The molecular formula is C28H34N4O8. The molecule has 0 bridgehead atoms. The number of phenolic OH excluding ortho intramolecular Hbond substituents is 1. The van der Waals surface area contributed by atoms with Crippen LogP contribution in [0, 0.1) is 5.92 Å². The van der Waals surface area contributed by atoms with E-state index in [1.54, 1.807) is 45.0 Å². The number of para-hydroxylation sites is 1. The lowest BCUT2D eigenvalue weighted by Gasteiger charge is -2.27. The third-order valence-electron chi connectivity index (χ3n) is 6.28. The first-order valence-corrected chi connectivity index (χ1v) is 12.9. The molecule has 12 heteroatoms. The molecule has 0 saturated heterocycles. The second-order valence-electron chi connectivity index (χ2n) is 10.0. The molecule has 0 unspecified atom stereocenters. The van der Waals surface area contributed by atoms with Gasteiger partial charge >= 0.3 is 5.97 Å². The lowest BCUT2D eigenvalue weighted by atomic mass is 10.0. The topological polar surface area (TPSA) is 183 Å². The molecule has 3 rings (SSSR count). The SMILES string of the molecule is CC(C)[C@H]1NC(=O)[C@H](Cc2ccc(O)cc2)NC(=O)C[C@@H](C(=O)O)NC(=O)c2ccccc2OC[C@H](C)NC1=O. The van der Waals surface area contributed by atoms with Crippen molar-refractivity contribution in [2.24, 2.45) is 5.92 Å². The number of carbonyl (C=O) groups is 5. The molecule has 214 valence electrons. The van der Waals surface area contributed by atoms with Gasteiger partial charge in [-0.05, 0) is 42.7 Å². The maximum absolute atomic E-state index is 13.4. The number of ether oxygens (including phenoxy) is 1. The predicted octanol–water partition coefficient (Wildman–Crippen LogP) is 0.731. The summed E-state index contributed by atoms with van der Waals surface area (Å²) in [4.78, 5) is 64.4. The van der Waals surface area contributed by atoms with Gasteiger partial charge in [0.2, 0.25) is 17.7 Å². The number of hydrogen-bond acceptors (Lipinski definition) is 7. The fourth-order valence-electron chi connectivity index (χ4n) is 4.11. The molecule has 40 heavy (non-hydrogen) atoms. The number of benzene rings is 2. The molecule has 0 spiro atoms. The summed E-state index contributed by atoms with van der Waals surface area (Å²) >= 11 is 0. The highest BCUT2D eigenvalue weighted by atomic mass is 16.5. The maximum atomic E-state index is 13.4.